The van der Waals surface area contributed by atoms with E-state index in [0.29, 0.717) is 34.1 Å². The molecular formula is C130H86F6N4. The number of halogens is 6. The predicted octanol–water partition coefficient (Wildman–Crippen LogP) is 37.8. The molecule has 4 nitrogen and oxygen atoms in total. The maximum atomic E-state index is 16.8. The average molecular weight is 1820 g/mol. The third-order valence-electron chi connectivity index (χ3n) is 26.9. The molecule has 0 atom stereocenters. The van der Waals surface area contributed by atoms with Gasteiger partial charge < -0.3 is 19.6 Å². The standard InChI is InChI=1S/C66H46F2N2.C64H40F4N2/c1-43-17-15-27-59(67)65(43)69(55-39-51(45-19-7-3-8-20-45)37-52(40-55)46-21-9-4-10-22-46)61-35-31-49-30-34-58-62(36-32-50-29-33-57(61)63(49)64(50)58)70(66-44(2)18-16-28-60(66)68)56-41-53(47-23-11-5-12-24-47)38-54(42-56)48-25-13-6-14-26-48;65-51-25-29-57(67)61(39-51)69(53-35-47(41-13-5-1-6-14-41)33-48(36-53)42-15-7-2-8-16-42)59-31-23-45-22-28-56-60(32-24-46-21-27-55(59)63(45)64(46)56)70(62-40-52(66)26-30-58(62)68)54-37-49(43-17-9-3-10-18-43)34-50(38-54)44-19-11-4-12-20-44/h3-42H,1-2H3;1-40H. The lowest BCUT2D eigenvalue weighted by Gasteiger charge is -2.31. The fourth-order valence-corrected chi connectivity index (χ4v) is 20.4. The molecule has 0 N–H and O–H groups in total. The van der Waals surface area contributed by atoms with Gasteiger partial charge in [0.15, 0.2) is 0 Å². The molecule has 668 valence electrons. The molecule has 24 aromatic rings. The highest BCUT2D eigenvalue weighted by molar-refractivity contribution is 6.30. The number of rotatable bonds is 20. The van der Waals surface area contributed by atoms with E-state index < -0.39 is 23.3 Å². The lowest BCUT2D eigenvalue weighted by molar-refractivity contribution is 0.601. The SMILES string of the molecule is Cc1cccc(F)c1N(c1cc(-c2ccccc2)cc(-c2ccccc2)c1)c1ccc2ccc3c(N(c4cc(-c5ccccc5)cc(-c5ccccc5)c4)c4c(C)cccc4F)ccc4ccc1c2c43.Fc1ccc(F)c(N(c2cc(-c3ccccc3)cc(-c3ccccc3)c2)c2ccc3ccc4c(N(c5cc(-c6ccccc6)cc(-c6ccccc6)c5)c5cc(F)ccc5F)ccc5ccc2c3c54)c1. The maximum Gasteiger partial charge on any atom is 0.147 e. The quantitative estimate of drug-likeness (QED) is 0.0557. The normalized spacial score (nSPS) is 11.4. The molecule has 0 aliphatic rings. The van der Waals surface area contributed by atoms with Gasteiger partial charge in [-0.25, -0.2) is 26.3 Å². The number of anilines is 12. The van der Waals surface area contributed by atoms with E-state index in [2.05, 4.69) is 204 Å². The van der Waals surface area contributed by atoms with Crippen LogP contribution in [-0.4, -0.2) is 0 Å². The molecule has 0 spiro atoms. The highest BCUT2D eigenvalue weighted by Gasteiger charge is 2.31. The van der Waals surface area contributed by atoms with Gasteiger partial charge in [0.1, 0.15) is 34.9 Å². The van der Waals surface area contributed by atoms with E-state index in [4.69, 9.17) is 0 Å². The van der Waals surface area contributed by atoms with E-state index in [1.54, 1.807) is 34.1 Å². The van der Waals surface area contributed by atoms with Gasteiger partial charge in [-0.3, -0.25) is 0 Å². The van der Waals surface area contributed by atoms with Gasteiger partial charge in [0.25, 0.3) is 0 Å². The lowest BCUT2D eigenvalue weighted by atomic mass is 9.91. The minimum absolute atomic E-state index is 0.0419. The Hall–Kier alpha value is -17.9. The first-order chi connectivity index (χ1) is 68.7. The van der Waals surface area contributed by atoms with E-state index in [-0.39, 0.29) is 23.0 Å². The molecule has 24 aromatic carbocycles. The fraction of sp³-hybridized carbons (Fsp3) is 0.0154. The van der Waals surface area contributed by atoms with Crippen LogP contribution in [0.4, 0.5) is 94.6 Å². The van der Waals surface area contributed by atoms with Gasteiger partial charge in [-0.2, -0.15) is 0 Å². The highest BCUT2D eigenvalue weighted by atomic mass is 19.1. The van der Waals surface area contributed by atoms with Crippen LogP contribution in [0.3, 0.4) is 0 Å². The van der Waals surface area contributed by atoms with E-state index in [9.17, 15) is 0 Å². The smallest absolute Gasteiger partial charge is 0.147 e. The van der Waals surface area contributed by atoms with Gasteiger partial charge in [-0.1, -0.05) is 340 Å². The summed E-state index contributed by atoms with van der Waals surface area (Å²) in [5.74, 6) is -2.99. The molecule has 0 saturated heterocycles. The number of para-hydroxylation sites is 2. The van der Waals surface area contributed by atoms with Crippen LogP contribution < -0.4 is 19.6 Å². The van der Waals surface area contributed by atoms with Crippen molar-refractivity contribution in [1.82, 2.24) is 0 Å². The second-order valence-corrected chi connectivity index (χ2v) is 35.5. The number of benzene rings is 24. The molecule has 0 aliphatic heterocycles. The van der Waals surface area contributed by atoms with Crippen molar-refractivity contribution in [1.29, 1.82) is 0 Å². The summed E-state index contributed by atoms with van der Waals surface area (Å²) in [5.41, 5.74) is 24.3. The zero-order chi connectivity index (χ0) is 94.6. The van der Waals surface area contributed by atoms with Crippen LogP contribution in [0, 0.1) is 48.8 Å². The van der Waals surface area contributed by atoms with E-state index in [1.165, 1.54) is 12.1 Å². The molecular weight excluding hydrogens is 1730 g/mol. The second kappa shape index (κ2) is 36.7. The Labute approximate surface area is 807 Å². The first-order valence-electron chi connectivity index (χ1n) is 46.8. The zero-order valence-corrected chi connectivity index (χ0v) is 76.2. The average Bonchev–Trinajstić information content (AvgIpc) is 0.719. The van der Waals surface area contributed by atoms with Gasteiger partial charge in [0.05, 0.1) is 45.5 Å². The monoisotopic (exact) mass is 1820 g/mol. The number of hydrogen-bond acceptors (Lipinski definition) is 4. The molecule has 140 heavy (non-hydrogen) atoms. The first kappa shape index (κ1) is 86.3. The van der Waals surface area contributed by atoms with E-state index >= 15 is 26.3 Å². The molecule has 0 radical (unpaired) electrons. The Morgan fingerprint density at radius 2 is 0.357 bits per heavy atom. The summed E-state index contributed by atoms with van der Waals surface area (Å²) in [5, 5.41) is 11.3. The third-order valence-corrected chi connectivity index (χ3v) is 26.9. The fourth-order valence-electron chi connectivity index (χ4n) is 20.4. The van der Waals surface area contributed by atoms with Crippen molar-refractivity contribution in [3.63, 3.8) is 0 Å². The van der Waals surface area contributed by atoms with Crippen molar-refractivity contribution in [3.05, 3.63) is 531 Å². The van der Waals surface area contributed by atoms with Crippen LogP contribution in [-0.2, 0) is 0 Å². The van der Waals surface area contributed by atoms with Crippen molar-refractivity contribution in [2.24, 2.45) is 0 Å². The van der Waals surface area contributed by atoms with E-state index in [1.807, 2.05) is 244 Å². The molecule has 0 bridgehead atoms. The Balaban J connectivity index is 0.000000156. The molecule has 10 heteroatoms. The molecule has 0 heterocycles. The Morgan fingerprint density at radius 1 is 0.150 bits per heavy atom. The molecule has 0 fully saturated rings. The van der Waals surface area contributed by atoms with Gasteiger partial charge in [-0.05, 0) is 291 Å². The Morgan fingerprint density at radius 3 is 0.579 bits per heavy atom. The summed E-state index contributed by atoms with van der Waals surface area (Å²) in [6.07, 6.45) is 0. The Bertz CT molecular complexity index is 7990. The minimum Gasteiger partial charge on any atom is -0.307 e. The first-order valence-corrected chi connectivity index (χ1v) is 46.8. The van der Waals surface area contributed by atoms with Gasteiger partial charge in [-0.15, -0.1) is 0 Å². The molecule has 24 rings (SSSR count). The summed E-state index contributed by atoms with van der Waals surface area (Å²) in [7, 11) is 0. The molecule has 0 aliphatic carbocycles. The van der Waals surface area contributed by atoms with Gasteiger partial charge in [0.2, 0.25) is 0 Å². The van der Waals surface area contributed by atoms with Crippen LogP contribution in [0.15, 0.2) is 485 Å². The summed E-state index contributed by atoms with van der Waals surface area (Å²) < 4.78 is 97.8. The maximum absolute atomic E-state index is 16.8. The van der Waals surface area contributed by atoms with Crippen molar-refractivity contribution in [2.75, 3.05) is 19.6 Å². The molecule has 0 unspecified atom stereocenters. The number of hydrogen-bond donors (Lipinski definition) is 0. The van der Waals surface area contributed by atoms with Crippen molar-refractivity contribution >= 4 is 133 Å². The van der Waals surface area contributed by atoms with Crippen LogP contribution >= 0.6 is 0 Å². The van der Waals surface area contributed by atoms with Crippen LogP contribution in [0.1, 0.15) is 11.1 Å². The predicted molar refractivity (Wildman–Crippen MR) is 572 cm³/mol. The van der Waals surface area contributed by atoms with Crippen LogP contribution in [0.5, 0.6) is 0 Å². The highest BCUT2D eigenvalue weighted by Crippen LogP contribution is 2.55. The minimum atomic E-state index is -0.596. The van der Waals surface area contributed by atoms with Crippen LogP contribution in [0.25, 0.3) is 154 Å². The summed E-state index contributed by atoms with van der Waals surface area (Å²) in [6, 6.07) is 158. The molecule has 0 aromatic heterocycles. The topological polar surface area (TPSA) is 13.0 Å². The number of nitrogens with zero attached hydrogens (tertiary/aromatic N) is 4. The van der Waals surface area contributed by atoms with Gasteiger partial charge in [0, 0.05) is 56.4 Å². The molecule has 0 saturated carbocycles. The largest absolute Gasteiger partial charge is 0.307 e. The van der Waals surface area contributed by atoms with Crippen LogP contribution in [0.2, 0.25) is 0 Å². The molecule has 0 amide bonds. The lowest BCUT2D eigenvalue weighted by Crippen LogP contribution is -2.15. The van der Waals surface area contributed by atoms with Crippen molar-refractivity contribution < 1.29 is 26.3 Å². The number of aryl methyl sites for hydroxylation is 2. The third kappa shape index (κ3) is 16.2. The van der Waals surface area contributed by atoms with Crippen molar-refractivity contribution in [2.45, 2.75) is 13.8 Å². The van der Waals surface area contributed by atoms with Crippen molar-refractivity contribution in [3.8, 4) is 89.0 Å². The second-order valence-electron chi connectivity index (χ2n) is 35.5. The summed E-state index contributed by atoms with van der Waals surface area (Å²) in [6.45, 7) is 3.95. The summed E-state index contributed by atoms with van der Waals surface area (Å²) in [4.78, 5) is 7.81. The zero-order valence-electron chi connectivity index (χ0n) is 76.2. The summed E-state index contributed by atoms with van der Waals surface area (Å²) >= 11 is 0. The Kier molecular flexibility index (Phi) is 22.6. The van der Waals surface area contributed by atoms with E-state index in [0.717, 1.165) is 212 Å². The van der Waals surface area contributed by atoms with Gasteiger partial charge >= 0.3 is 0 Å².